The van der Waals surface area contributed by atoms with Crippen molar-refractivity contribution < 1.29 is 8.42 Å². The Morgan fingerprint density at radius 1 is 1.43 bits per heavy atom. The number of sulfonamides is 1. The van der Waals surface area contributed by atoms with Crippen LogP contribution >= 0.6 is 11.3 Å². The van der Waals surface area contributed by atoms with E-state index in [-0.39, 0.29) is 6.04 Å². The Hall–Kier alpha value is -1.18. The summed E-state index contributed by atoms with van der Waals surface area (Å²) in [5, 5.41) is 0. The van der Waals surface area contributed by atoms with Gasteiger partial charge in [-0.3, -0.25) is 0 Å². The number of aromatic nitrogens is 2. The summed E-state index contributed by atoms with van der Waals surface area (Å²) in [7, 11) is -3.43. The normalized spacial score (nSPS) is 20.7. The Morgan fingerprint density at radius 2 is 2.29 bits per heavy atom. The number of hydrogen-bond acceptors (Lipinski definition) is 4. The van der Waals surface area contributed by atoms with Crippen molar-refractivity contribution in [3.8, 4) is 0 Å². The minimum Gasteiger partial charge on any atom is -0.347 e. The van der Waals surface area contributed by atoms with Gasteiger partial charge in [0.1, 0.15) is 10.0 Å². The van der Waals surface area contributed by atoms with E-state index in [1.807, 2.05) is 13.0 Å². The lowest BCUT2D eigenvalue weighted by Crippen LogP contribution is -2.38. The number of thiophene rings is 1. The molecule has 0 unspecified atom stereocenters. The highest BCUT2D eigenvalue weighted by molar-refractivity contribution is 7.91. The minimum absolute atomic E-state index is 0.175. The van der Waals surface area contributed by atoms with Gasteiger partial charge in [0.05, 0.1) is 6.04 Å². The van der Waals surface area contributed by atoms with Crippen LogP contribution in [0, 0.1) is 0 Å². The summed E-state index contributed by atoms with van der Waals surface area (Å²) >= 11 is 1.37. The zero-order chi connectivity index (χ0) is 14.9. The third kappa shape index (κ3) is 2.77. The first kappa shape index (κ1) is 14.7. The van der Waals surface area contributed by atoms with E-state index < -0.39 is 10.0 Å². The number of piperidine rings is 1. The molecule has 0 bridgehead atoms. The van der Waals surface area contributed by atoms with Crippen LogP contribution in [-0.4, -0.2) is 29.2 Å². The van der Waals surface area contributed by atoms with Gasteiger partial charge in [-0.05, 0) is 31.4 Å². The Labute approximate surface area is 129 Å². The van der Waals surface area contributed by atoms with E-state index >= 15 is 0 Å². The van der Waals surface area contributed by atoms with Crippen LogP contribution in [0.25, 0.3) is 0 Å². The lowest BCUT2D eigenvalue weighted by Gasteiger charge is -2.33. The van der Waals surface area contributed by atoms with E-state index in [1.165, 1.54) is 11.3 Å². The highest BCUT2D eigenvalue weighted by atomic mass is 32.2. The Bertz CT molecular complexity index is 692. The van der Waals surface area contributed by atoms with Gasteiger partial charge in [0.25, 0.3) is 10.0 Å². The molecule has 3 heterocycles. The minimum atomic E-state index is -3.43. The molecule has 0 aromatic carbocycles. The second-order valence-corrected chi connectivity index (χ2v) is 8.46. The first-order valence-corrected chi connectivity index (χ1v) is 9.48. The SMILES string of the molecule is CCc1ccc(S(=O)(=O)N2CCCC[C@@H]2c2ncc[nH]2)s1. The van der Waals surface area contributed by atoms with Crippen LogP contribution in [0.4, 0.5) is 0 Å². The fourth-order valence-electron chi connectivity index (χ4n) is 2.73. The van der Waals surface area contributed by atoms with Crippen molar-refractivity contribution in [1.82, 2.24) is 14.3 Å². The molecule has 1 atom stereocenters. The molecule has 2 aromatic rings. The molecule has 0 saturated carbocycles. The van der Waals surface area contributed by atoms with Crippen LogP contribution in [0.3, 0.4) is 0 Å². The van der Waals surface area contributed by atoms with Gasteiger partial charge < -0.3 is 4.98 Å². The van der Waals surface area contributed by atoms with E-state index in [4.69, 9.17) is 0 Å². The van der Waals surface area contributed by atoms with E-state index in [0.717, 1.165) is 36.4 Å². The summed E-state index contributed by atoms with van der Waals surface area (Å²) in [5.41, 5.74) is 0. The smallest absolute Gasteiger partial charge is 0.253 e. The van der Waals surface area contributed by atoms with Gasteiger partial charge in [-0.1, -0.05) is 13.3 Å². The monoisotopic (exact) mass is 325 g/mol. The van der Waals surface area contributed by atoms with Crippen LogP contribution in [0.5, 0.6) is 0 Å². The average Bonchev–Trinajstić information content (AvgIpc) is 3.18. The first-order chi connectivity index (χ1) is 10.1. The number of aromatic amines is 1. The number of imidazole rings is 1. The number of nitrogens with zero attached hydrogens (tertiary/aromatic N) is 2. The van der Waals surface area contributed by atoms with Crippen molar-refractivity contribution in [3.63, 3.8) is 0 Å². The Kier molecular flexibility index (Phi) is 4.14. The highest BCUT2D eigenvalue weighted by Crippen LogP contribution is 2.35. The molecule has 2 aromatic heterocycles. The standard InChI is InChI=1S/C14H19N3O2S2/c1-2-11-6-7-13(20-11)21(18,19)17-10-4-3-5-12(17)14-15-8-9-16-14/h6-9,12H,2-5,10H2,1H3,(H,15,16)/t12-/m1/s1. The van der Waals surface area contributed by atoms with Crippen molar-refractivity contribution in [2.75, 3.05) is 6.54 Å². The molecule has 5 nitrogen and oxygen atoms in total. The van der Waals surface area contributed by atoms with Crippen molar-refractivity contribution >= 4 is 21.4 Å². The van der Waals surface area contributed by atoms with Crippen LogP contribution in [-0.2, 0) is 16.4 Å². The molecule has 0 radical (unpaired) electrons. The summed E-state index contributed by atoms with van der Waals surface area (Å²) in [5.74, 6) is 0.741. The largest absolute Gasteiger partial charge is 0.347 e. The van der Waals surface area contributed by atoms with Crippen LogP contribution < -0.4 is 0 Å². The quantitative estimate of drug-likeness (QED) is 0.940. The van der Waals surface area contributed by atoms with E-state index in [2.05, 4.69) is 9.97 Å². The molecule has 3 rings (SSSR count). The predicted octanol–water partition coefficient (Wildman–Crippen LogP) is 2.95. The van der Waals surface area contributed by atoms with Gasteiger partial charge in [-0.2, -0.15) is 4.31 Å². The zero-order valence-corrected chi connectivity index (χ0v) is 13.6. The van der Waals surface area contributed by atoms with Gasteiger partial charge in [-0.15, -0.1) is 11.3 Å². The average molecular weight is 325 g/mol. The topological polar surface area (TPSA) is 66.1 Å². The molecule has 1 saturated heterocycles. The summed E-state index contributed by atoms with van der Waals surface area (Å²) in [6.45, 7) is 2.60. The molecular formula is C14H19N3O2S2. The molecule has 0 amide bonds. The molecule has 21 heavy (non-hydrogen) atoms. The number of hydrogen-bond donors (Lipinski definition) is 1. The molecule has 114 valence electrons. The molecule has 1 N–H and O–H groups in total. The molecular weight excluding hydrogens is 306 g/mol. The Morgan fingerprint density at radius 3 is 2.95 bits per heavy atom. The fraction of sp³-hybridized carbons (Fsp3) is 0.500. The van der Waals surface area contributed by atoms with Crippen LogP contribution in [0.15, 0.2) is 28.7 Å². The number of nitrogens with one attached hydrogen (secondary N) is 1. The second-order valence-electron chi connectivity index (χ2n) is 5.18. The predicted molar refractivity (Wildman–Crippen MR) is 82.8 cm³/mol. The van der Waals surface area contributed by atoms with Crippen molar-refractivity contribution in [2.24, 2.45) is 0 Å². The molecule has 1 fully saturated rings. The van der Waals surface area contributed by atoms with Crippen LogP contribution in [0.2, 0.25) is 0 Å². The van der Waals surface area contributed by atoms with Gasteiger partial charge in [0.15, 0.2) is 0 Å². The first-order valence-electron chi connectivity index (χ1n) is 7.22. The van der Waals surface area contributed by atoms with Gasteiger partial charge in [-0.25, -0.2) is 13.4 Å². The van der Waals surface area contributed by atoms with E-state index in [0.29, 0.717) is 10.8 Å². The maximum atomic E-state index is 12.9. The molecule has 7 heteroatoms. The molecule has 0 aliphatic carbocycles. The molecule has 1 aliphatic heterocycles. The lowest BCUT2D eigenvalue weighted by atomic mass is 10.0. The van der Waals surface area contributed by atoms with E-state index in [9.17, 15) is 8.42 Å². The van der Waals surface area contributed by atoms with Gasteiger partial charge in [0, 0.05) is 23.8 Å². The lowest BCUT2D eigenvalue weighted by molar-refractivity contribution is 0.248. The molecule has 0 spiro atoms. The summed E-state index contributed by atoms with van der Waals surface area (Å²) < 4.78 is 27.9. The zero-order valence-electron chi connectivity index (χ0n) is 11.9. The maximum absolute atomic E-state index is 12.9. The molecule has 1 aliphatic rings. The van der Waals surface area contributed by atoms with Gasteiger partial charge >= 0.3 is 0 Å². The summed E-state index contributed by atoms with van der Waals surface area (Å²) in [6.07, 6.45) is 7.04. The number of rotatable bonds is 4. The van der Waals surface area contributed by atoms with Gasteiger partial charge in [0.2, 0.25) is 0 Å². The summed E-state index contributed by atoms with van der Waals surface area (Å²) in [4.78, 5) is 8.42. The third-order valence-electron chi connectivity index (χ3n) is 3.84. The number of H-pyrrole nitrogens is 1. The second kappa shape index (κ2) is 5.90. The number of aryl methyl sites for hydroxylation is 1. The van der Waals surface area contributed by atoms with E-state index in [1.54, 1.807) is 22.8 Å². The fourth-order valence-corrected chi connectivity index (χ4v) is 5.81. The third-order valence-corrected chi connectivity index (χ3v) is 7.44. The van der Waals surface area contributed by atoms with Crippen molar-refractivity contribution in [1.29, 1.82) is 0 Å². The van der Waals surface area contributed by atoms with Crippen molar-refractivity contribution in [3.05, 3.63) is 35.2 Å². The highest BCUT2D eigenvalue weighted by Gasteiger charge is 2.36. The maximum Gasteiger partial charge on any atom is 0.253 e. The summed E-state index contributed by atoms with van der Waals surface area (Å²) in [6, 6.07) is 3.46. The Balaban J connectivity index is 1.95. The van der Waals surface area contributed by atoms with Crippen molar-refractivity contribution in [2.45, 2.75) is 42.9 Å². The van der Waals surface area contributed by atoms with Crippen LogP contribution in [0.1, 0.15) is 42.9 Å².